The van der Waals surface area contributed by atoms with Crippen LogP contribution in [0.2, 0.25) is 0 Å². The van der Waals surface area contributed by atoms with E-state index in [1.54, 1.807) is 24.3 Å². The number of carbonyl (C=O) groups excluding carboxylic acids is 1. The fourth-order valence-electron chi connectivity index (χ4n) is 0.805. The fraction of sp³-hybridized carbons (Fsp3) is 0.111. The summed E-state index contributed by atoms with van der Waals surface area (Å²) in [5.41, 5.74) is 0.815. The quantitative estimate of drug-likeness (QED) is 0.692. The number of ketones is 1. The summed E-state index contributed by atoms with van der Waals surface area (Å²) in [6.07, 6.45) is 1.51. The Labute approximate surface area is 65.5 Å². The molecule has 2 nitrogen and oxygen atoms in total. The molecule has 0 atom stereocenters. The van der Waals surface area contributed by atoms with E-state index in [0.717, 1.165) is 5.56 Å². The summed E-state index contributed by atoms with van der Waals surface area (Å²) in [6, 6.07) is 6.48. The smallest absolute Gasteiger partial charge is 0.138 e. The van der Waals surface area contributed by atoms with E-state index in [0.29, 0.717) is 0 Å². The molecule has 0 unspecified atom stereocenters. The number of hydrogen-bond acceptors (Lipinski definition) is 2. The molecule has 0 amide bonds. The van der Waals surface area contributed by atoms with E-state index in [9.17, 15) is 4.79 Å². The highest BCUT2D eigenvalue weighted by molar-refractivity contribution is 5.88. The van der Waals surface area contributed by atoms with Crippen molar-refractivity contribution in [2.45, 2.75) is 6.92 Å². The summed E-state index contributed by atoms with van der Waals surface area (Å²) in [4.78, 5) is 10.6. The van der Waals surface area contributed by atoms with E-state index < -0.39 is 0 Å². The number of benzene rings is 1. The van der Waals surface area contributed by atoms with E-state index >= 15 is 0 Å². The lowest BCUT2D eigenvalue weighted by molar-refractivity contribution is -0.113. The van der Waals surface area contributed by atoms with E-state index in [-0.39, 0.29) is 11.5 Å². The highest BCUT2D eigenvalue weighted by atomic mass is 16.3. The van der Waals surface area contributed by atoms with Gasteiger partial charge in [0.2, 0.25) is 0 Å². The third kappa shape index (κ3) is 2.42. The monoisotopic (exact) mass is 149 g/mol. The van der Waals surface area contributed by atoms with Crippen LogP contribution < -0.4 is 0 Å². The van der Waals surface area contributed by atoms with Gasteiger partial charge in [0.25, 0.3) is 0 Å². The number of hydrogen-bond donors (Lipinski definition) is 1. The van der Waals surface area contributed by atoms with E-state index in [4.69, 9.17) is 5.11 Å². The van der Waals surface area contributed by atoms with Gasteiger partial charge in [-0.25, -0.2) is 0 Å². The van der Waals surface area contributed by atoms with Gasteiger partial charge in [0.15, 0.2) is 0 Å². The van der Waals surface area contributed by atoms with Gasteiger partial charge in [-0.05, 0) is 24.6 Å². The van der Waals surface area contributed by atoms with Gasteiger partial charge in [-0.1, -0.05) is 12.1 Å². The SMILES string of the molecule is CC(=O)[CH]c1ccc(O)cc1. The first-order chi connectivity index (χ1) is 5.18. The average molecular weight is 149 g/mol. The summed E-state index contributed by atoms with van der Waals surface area (Å²) in [5.74, 6) is 0.224. The van der Waals surface area contributed by atoms with Crippen LogP contribution in [-0.2, 0) is 4.79 Å². The molecule has 1 radical (unpaired) electrons. The van der Waals surface area contributed by atoms with Gasteiger partial charge in [-0.15, -0.1) is 0 Å². The van der Waals surface area contributed by atoms with Crippen LogP contribution in [0.1, 0.15) is 12.5 Å². The molecule has 0 heterocycles. The molecule has 0 saturated carbocycles. The van der Waals surface area contributed by atoms with Gasteiger partial charge >= 0.3 is 0 Å². The molecule has 57 valence electrons. The molecule has 1 aromatic rings. The molecule has 0 bridgehead atoms. The second-order valence-corrected chi connectivity index (χ2v) is 2.35. The first-order valence-corrected chi connectivity index (χ1v) is 3.33. The molecule has 0 aliphatic carbocycles. The largest absolute Gasteiger partial charge is 0.508 e. The van der Waals surface area contributed by atoms with Crippen LogP contribution >= 0.6 is 0 Å². The topological polar surface area (TPSA) is 37.3 Å². The Kier molecular flexibility index (Phi) is 2.26. The third-order valence-corrected chi connectivity index (χ3v) is 1.26. The predicted molar refractivity (Wildman–Crippen MR) is 42.2 cm³/mol. The molecule has 11 heavy (non-hydrogen) atoms. The Morgan fingerprint density at radius 2 is 1.91 bits per heavy atom. The number of phenolic OH excluding ortho intramolecular Hbond substituents is 1. The molecule has 0 saturated heterocycles. The van der Waals surface area contributed by atoms with Gasteiger partial charge < -0.3 is 5.11 Å². The minimum atomic E-state index is 0.00990. The Bertz CT molecular complexity index is 249. The zero-order valence-electron chi connectivity index (χ0n) is 6.24. The second kappa shape index (κ2) is 3.19. The molecule has 0 aromatic heterocycles. The summed E-state index contributed by atoms with van der Waals surface area (Å²) in [5, 5.41) is 8.89. The lowest BCUT2D eigenvalue weighted by atomic mass is 10.1. The second-order valence-electron chi connectivity index (χ2n) is 2.35. The molecule has 1 rings (SSSR count). The zero-order chi connectivity index (χ0) is 8.27. The normalized spacial score (nSPS) is 9.55. The van der Waals surface area contributed by atoms with Crippen molar-refractivity contribution in [3.8, 4) is 5.75 Å². The van der Waals surface area contributed by atoms with E-state index in [1.165, 1.54) is 13.3 Å². The van der Waals surface area contributed by atoms with Crippen LogP contribution in [0.15, 0.2) is 24.3 Å². The first kappa shape index (κ1) is 7.79. The van der Waals surface area contributed by atoms with Crippen molar-refractivity contribution in [1.82, 2.24) is 0 Å². The molecule has 0 spiro atoms. The minimum absolute atomic E-state index is 0.00990. The third-order valence-electron chi connectivity index (χ3n) is 1.26. The fourth-order valence-corrected chi connectivity index (χ4v) is 0.805. The van der Waals surface area contributed by atoms with Crippen LogP contribution in [0.3, 0.4) is 0 Å². The molecule has 2 heteroatoms. The summed E-state index contributed by atoms with van der Waals surface area (Å²) >= 11 is 0. The number of rotatable bonds is 2. The Morgan fingerprint density at radius 1 is 1.36 bits per heavy atom. The lowest BCUT2D eigenvalue weighted by Crippen LogP contribution is -1.91. The molecule has 1 N–H and O–H groups in total. The molecule has 0 fully saturated rings. The van der Waals surface area contributed by atoms with Crippen molar-refractivity contribution in [2.75, 3.05) is 0 Å². The maximum atomic E-state index is 10.6. The Morgan fingerprint density at radius 3 is 2.36 bits per heavy atom. The molecule has 1 aromatic carbocycles. The number of aromatic hydroxyl groups is 1. The van der Waals surface area contributed by atoms with Gasteiger partial charge in [0.05, 0.1) is 6.42 Å². The van der Waals surface area contributed by atoms with Crippen molar-refractivity contribution >= 4 is 5.78 Å². The number of phenols is 1. The summed E-state index contributed by atoms with van der Waals surface area (Å²) in [6.45, 7) is 1.49. The highest BCUT2D eigenvalue weighted by Gasteiger charge is 1.96. The van der Waals surface area contributed by atoms with Crippen LogP contribution in [-0.4, -0.2) is 10.9 Å². The number of carbonyl (C=O) groups is 1. The van der Waals surface area contributed by atoms with Crippen molar-refractivity contribution < 1.29 is 9.90 Å². The Hall–Kier alpha value is -1.31. The summed E-state index contributed by atoms with van der Waals surface area (Å²) in [7, 11) is 0. The zero-order valence-corrected chi connectivity index (χ0v) is 6.24. The van der Waals surface area contributed by atoms with Crippen LogP contribution in [0.4, 0.5) is 0 Å². The van der Waals surface area contributed by atoms with Gasteiger partial charge in [0.1, 0.15) is 11.5 Å². The standard InChI is InChI=1S/C9H9O2/c1-7(10)6-8-2-4-9(11)5-3-8/h2-6,11H,1H3. The summed E-state index contributed by atoms with van der Waals surface area (Å²) < 4.78 is 0. The number of Topliss-reactive ketones (excluding diaryl/α,β-unsaturated/α-hetero) is 1. The van der Waals surface area contributed by atoms with Crippen LogP contribution in [0.5, 0.6) is 5.75 Å². The molecular formula is C9H9O2. The maximum absolute atomic E-state index is 10.6. The minimum Gasteiger partial charge on any atom is -0.508 e. The van der Waals surface area contributed by atoms with Crippen molar-refractivity contribution in [3.63, 3.8) is 0 Å². The molecule has 0 aliphatic rings. The Balaban J connectivity index is 2.74. The van der Waals surface area contributed by atoms with Gasteiger partial charge in [-0.2, -0.15) is 0 Å². The molecular weight excluding hydrogens is 140 g/mol. The van der Waals surface area contributed by atoms with Gasteiger partial charge in [-0.3, -0.25) is 4.79 Å². The van der Waals surface area contributed by atoms with Crippen molar-refractivity contribution in [1.29, 1.82) is 0 Å². The van der Waals surface area contributed by atoms with Crippen molar-refractivity contribution in [2.24, 2.45) is 0 Å². The van der Waals surface area contributed by atoms with E-state index in [1.807, 2.05) is 0 Å². The van der Waals surface area contributed by atoms with Crippen molar-refractivity contribution in [3.05, 3.63) is 36.2 Å². The van der Waals surface area contributed by atoms with E-state index in [2.05, 4.69) is 0 Å². The van der Waals surface area contributed by atoms with Crippen LogP contribution in [0.25, 0.3) is 0 Å². The molecule has 0 aliphatic heterocycles. The van der Waals surface area contributed by atoms with Gasteiger partial charge in [0, 0.05) is 0 Å². The predicted octanol–water partition coefficient (Wildman–Crippen LogP) is 1.53. The first-order valence-electron chi connectivity index (χ1n) is 3.33. The van der Waals surface area contributed by atoms with Crippen LogP contribution in [0, 0.1) is 6.42 Å². The maximum Gasteiger partial charge on any atom is 0.138 e. The average Bonchev–Trinajstić information content (AvgIpc) is 1.93. The highest BCUT2D eigenvalue weighted by Crippen LogP contribution is 2.10. The lowest BCUT2D eigenvalue weighted by Gasteiger charge is -1.95.